The van der Waals surface area contributed by atoms with Gasteiger partial charge in [-0.3, -0.25) is 4.79 Å². The van der Waals surface area contributed by atoms with E-state index in [2.05, 4.69) is 5.32 Å². The van der Waals surface area contributed by atoms with Crippen LogP contribution in [0.15, 0.2) is 24.3 Å². The van der Waals surface area contributed by atoms with E-state index in [4.69, 9.17) is 5.11 Å². The molecule has 1 aromatic rings. The van der Waals surface area contributed by atoms with Gasteiger partial charge in [-0.05, 0) is 17.7 Å². The van der Waals surface area contributed by atoms with Gasteiger partial charge in [-0.15, -0.1) is 0 Å². The van der Waals surface area contributed by atoms with E-state index in [1.807, 2.05) is 0 Å². The van der Waals surface area contributed by atoms with Gasteiger partial charge >= 0.3 is 5.97 Å². The normalized spacial score (nSPS) is 20.5. The number of hydrogen-bond acceptors (Lipinski definition) is 3. The molecular weight excluding hydrogens is 194 g/mol. The summed E-state index contributed by atoms with van der Waals surface area (Å²) in [5.74, 6) is -0.787. The summed E-state index contributed by atoms with van der Waals surface area (Å²) in [7, 11) is 0. The third-order valence-corrected chi connectivity index (χ3v) is 2.53. The topological polar surface area (TPSA) is 66.4 Å². The van der Waals surface area contributed by atoms with Crippen molar-refractivity contribution in [3.8, 4) is 0 Å². The highest BCUT2D eigenvalue weighted by Crippen LogP contribution is 2.20. The van der Waals surface area contributed by atoms with E-state index >= 15 is 0 Å². The zero-order valence-electron chi connectivity index (χ0n) is 8.06. The van der Waals surface area contributed by atoms with Gasteiger partial charge in [0, 0.05) is 13.0 Å². The second-order valence-electron chi connectivity index (χ2n) is 3.53. The van der Waals surface area contributed by atoms with Crippen molar-refractivity contribution in [2.45, 2.75) is 12.5 Å². The first-order chi connectivity index (χ1) is 7.18. The van der Waals surface area contributed by atoms with Gasteiger partial charge in [0.1, 0.15) is 0 Å². The summed E-state index contributed by atoms with van der Waals surface area (Å²) in [6.07, 6.45) is 0.547. The van der Waals surface area contributed by atoms with Crippen LogP contribution >= 0.6 is 0 Å². The minimum absolute atomic E-state index is 0.165. The van der Waals surface area contributed by atoms with Crippen molar-refractivity contribution in [1.29, 1.82) is 0 Å². The summed E-state index contributed by atoms with van der Waals surface area (Å²) in [5.41, 5.74) is 1.08. The van der Waals surface area contributed by atoms with Crippen molar-refractivity contribution in [3.05, 3.63) is 35.4 Å². The first-order valence-electron chi connectivity index (χ1n) is 4.78. The van der Waals surface area contributed by atoms with Crippen LogP contribution < -0.4 is 5.32 Å². The number of rotatable bonds is 2. The van der Waals surface area contributed by atoms with Crippen LogP contribution in [-0.2, 0) is 4.79 Å². The van der Waals surface area contributed by atoms with E-state index in [1.54, 1.807) is 12.1 Å². The first kappa shape index (κ1) is 9.86. The van der Waals surface area contributed by atoms with Crippen molar-refractivity contribution in [1.82, 2.24) is 5.32 Å². The highest BCUT2D eigenvalue weighted by molar-refractivity contribution is 5.89. The summed E-state index contributed by atoms with van der Waals surface area (Å²) in [6.45, 7) is 0.699. The molecule has 1 atom stereocenters. The zero-order valence-corrected chi connectivity index (χ0v) is 8.06. The van der Waals surface area contributed by atoms with Crippen LogP contribution in [0.4, 0.5) is 0 Å². The van der Waals surface area contributed by atoms with E-state index in [1.165, 1.54) is 12.1 Å². The van der Waals surface area contributed by atoms with Gasteiger partial charge in [0.25, 0.3) is 0 Å². The van der Waals surface area contributed by atoms with Crippen LogP contribution in [0.5, 0.6) is 0 Å². The molecule has 0 bridgehead atoms. The molecule has 78 valence electrons. The smallest absolute Gasteiger partial charge is 0.335 e. The van der Waals surface area contributed by atoms with Crippen LogP contribution in [0.1, 0.15) is 28.4 Å². The molecule has 2 N–H and O–H groups in total. The average Bonchev–Trinajstić information content (AvgIpc) is 2.65. The molecule has 1 aliphatic rings. The molecule has 4 nitrogen and oxygen atoms in total. The number of carboxylic acid groups (broad SMARTS) is 1. The Kier molecular flexibility index (Phi) is 2.51. The fraction of sp³-hybridized carbons (Fsp3) is 0.273. The fourth-order valence-corrected chi connectivity index (χ4v) is 1.72. The number of benzene rings is 1. The van der Waals surface area contributed by atoms with Crippen molar-refractivity contribution in [2.75, 3.05) is 6.54 Å². The molecule has 1 saturated heterocycles. The number of aromatic carboxylic acids is 1. The number of carbonyl (C=O) groups excluding carboxylic acids is 1. The maximum Gasteiger partial charge on any atom is 0.335 e. The van der Waals surface area contributed by atoms with Crippen molar-refractivity contribution >= 4 is 11.8 Å². The molecule has 4 heteroatoms. The number of carboxylic acids is 1. The number of nitrogens with one attached hydrogen (secondary N) is 1. The maximum atomic E-state index is 11.4. The quantitative estimate of drug-likeness (QED) is 0.755. The minimum atomic E-state index is -0.952. The van der Waals surface area contributed by atoms with E-state index in [0.717, 1.165) is 5.56 Å². The van der Waals surface area contributed by atoms with Crippen LogP contribution in [0.3, 0.4) is 0 Å². The van der Waals surface area contributed by atoms with Gasteiger partial charge in [0.15, 0.2) is 5.78 Å². The minimum Gasteiger partial charge on any atom is -0.478 e. The lowest BCUT2D eigenvalue weighted by atomic mass is 10.0. The fourth-order valence-electron chi connectivity index (χ4n) is 1.72. The summed E-state index contributed by atoms with van der Waals surface area (Å²) in [6, 6.07) is 6.15. The van der Waals surface area contributed by atoms with Crippen LogP contribution in [0.25, 0.3) is 0 Å². The molecule has 1 unspecified atom stereocenters. The van der Waals surface area contributed by atoms with Crippen LogP contribution in [-0.4, -0.2) is 23.4 Å². The monoisotopic (exact) mass is 205 g/mol. The molecule has 15 heavy (non-hydrogen) atoms. The zero-order chi connectivity index (χ0) is 10.8. The standard InChI is InChI=1S/C11H11NO3/c13-9-5-6-12-10(9)7-1-3-8(4-2-7)11(14)15/h1-4,10,12H,5-6H2,(H,14,15). The molecule has 0 spiro atoms. The van der Waals surface area contributed by atoms with Crippen molar-refractivity contribution in [2.24, 2.45) is 0 Å². The SMILES string of the molecule is O=C(O)c1ccc(C2NCCC2=O)cc1. The molecule has 2 rings (SSSR count). The van der Waals surface area contributed by atoms with E-state index in [-0.39, 0.29) is 17.4 Å². The molecule has 1 fully saturated rings. The molecule has 0 aromatic heterocycles. The van der Waals surface area contributed by atoms with Crippen molar-refractivity contribution < 1.29 is 14.7 Å². The molecule has 1 aliphatic heterocycles. The molecule has 0 radical (unpaired) electrons. The largest absolute Gasteiger partial charge is 0.478 e. The molecule has 1 heterocycles. The summed E-state index contributed by atoms with van der Waals surface area (Å²) >= 11 is 0. The Morgan fingerprint density at radius 2 is 2.00 bits per heavy atom. The highest BCUT2D eigenvalue weighted by atomic mass is 16.4. The first-order valence-corrected chi connectivity index (χ1v) is 4.78. The molecule has 0 saturated carbocycles. The Balaban J connectivity index is 2.23. The van der Waals surface area contributed by atoms with Gasteiger partial charge in [-0.1, -0.05) is 12.1 Å². The van der Waals surface area contributed by atoms with Gasteiger partial charge in [0.05, 0.1) is 11.6 Å². The third kappa shape index (κ3) is 1.89. The predicted octanol–water partition coefficient (Wildman–Crippen LogP) is 0.988. The van der Waals surface area contributed by atoms with Gasteiger partial charge in [-0.25, -0.2) is 4.79 Å². The van der Waals surface area contributed by atoms with Gasteiger partial charge < -0.3 is 10.4 Å². The molecule has 1 aromatic carbocycles. The summed E-state index contributed by atoms with van der Waals surface area (Å²) in [4.78, 5) is 22.0. The van der Waals surface area contributed by atoms with E-state index in [9.17, 15) is 9.59 Å². The average molecular weight is 205 g/mol. The second-order valence-corrected chi connectivity index (χ2v) is 3.53. The lowest BCUT2D eigenvalue weighted by Crippen LogP contribution is -2.17. The van der Waals surface area contributed by atoms with E-state index in [0.29, 0.717) is 13.0 Å². The van der Waals surface area contributed by atoms with Gasteiger partial charge in [0.2, 0.25) is 0 Å². The summed E-state index contributed by atoms with van der Waals surface area (Å²) < 4.78 is 0. The lowest BCUT2D eigenvalue weighted by molar-refractivity contribution is -0.118. The predicted molar refractivity (Wildman–Crippen MR) is 53.8 cm³/mol. The number of Topliss-reactive ketones (excluding diaryl/α,β-unsaturated/α-hetero) is 1. The van der Waals surface area contributed by atoms with Crippen LogP contribution in [0, 0.1) is 0 Å². The Morgan fingerprint density at radius 1 is 1.33 bits per heavy atom. The Labute approximate surface area is 86.9 Å². The molecular formula is C11H11NO3. The maximum absolute atomic E-state index is 11.4. The highest BCUT2D eigenvalue weighted by Gasteiger charge is 2.25. The Hall–Kier alpha value is -1.68. The molecule has 0 amide bonds. The Bertz CT molecular complexity index is 397. The van der Waals surface area contributed by atoms with Gasteiger partial charge in [-0.2, -0.15) is 0 Å². The number of ketones is 1. The van der Waals surface area contributed by atoms with E-state index < -0.39 is 5.97 Å². The van der Waals surface area contributed by atoms with Crippen LogP contribution in [0.2, 0.25) is 0 Å². The second kappa shape index (κ2) is 3.82. The number of hydrogen-bond donors (Lipinski definition) is 2. The van der Waals surface area contributed by atoms with Crippen molar-refractivity contribution in [3.63, 3.8) is 0 Å². The summed E-state index contributed by atoms with van der Waals surface area (Å²) in [5, 5.41) is 11.8. The third-order valence-electron chi connectivity index (χ3n) is 2.53. The lowest BCUT2D eigenvalue weighted by Gasteiger charge is -2.08. The number of carbonyl (C=O) groups is 2. The molecule has 0 aliphatic carbocycles. The Morgan fingerprint density at radius 3 is 2.47 bits per heavy atom.